The minimum Gasteiger partial charge on any atom is -0.381 e. The van der Waals surface area contributed by atoms with Gasteiger partial charge in [-0.3, -0.25) is 0 Å². The highest BCUT2D eigenvalue weighted by Gasteiger charge is 2.32. The van der Waals surface area contributed by atoms with Crippen LogP contribution in [0.15, 0.2) is 18.2 Å². The van der Waals surface area contributed by atoms with Gasteiger partial charge in [-0.1, -0.05) is 26.7 Å². The average Bonchev–Trinajstić information content (AvgIpc) is 2.33. The lowest BCUT2D eigenvalue weighted by Gasteiger charge is -2.39. The van der Waals surface area contributed by atoms with Gasteiger partial charge in [0.1, 0.15) is 11.9 Å². The zero-order valence-corrected chi connectivity index (χ0v) is 11.0. The van der Waals surface area contributed by atoms with Crippen LogP contribution in [0.25, 0.3) is 0 Å². The predicted molar refractivity (Wildman–Crippen MR) is 70.8 cm³/mol. The van der Waals surface area contributed by atoms with Gasteiger partial charge in [0.05, 0.1) is 11.3 Å². The van der Waals surface area contributed by atoms with Crippen LogP contribution in [0.3, 0.4) is 0 Å². The second-order valence-corrected chi connectivity index (χ2v) is 5.73. The highest BCUT2D eigenvalue weighted by molar-refractivity contribution is 5.58. The first kappa shape index (κ1) is 12.9. The Balaban J connectivity index is 2.21. The zero-order valence-electron chi connectivity index (χ0n) is 11.0. The van der Waals surface area contributed by atoms with Crippen molar-refractivity contribution >= 4 is 5.69 Å². The van der Waals surface area contributed by atoms with Crippen LogP contribution >= 0.6 is 0 Å². The molecule has 0 aliphatic heterocycles. The molecule has 2 rings (SSSR count). The van der Waals surface area contributed by atoms with E-state index in [1.54, 1.807) is 6.07 Å². The number of benzene rings is 1. The van der Waals surface area contributed by atoms with Gasteiger partial charge in [-0.05, 0) is 36.5 Å². The fourth-order valence-electron chi connectivity index (χ4n) is 2.68. The van der Waals surface area contributed by atoms with E-state index in [1.165, 1.54) is 31.4 Å². The van der Waals surface area contributed by atoms with Crippen molar-refractivity contribution in [3.8, 4) is 6.07 Å². The van der Waals surface area contributed by atoms with Gasteiger partial charge in [-0.25, -0.2) is 4.39 Å². The van der Waals surface area contributed by atoms with Crippen molar-refractivity contribution in [1.29, 1.82) is 5.26 Å². The first-order valence-electron chi connectivity index (χ1n) is 6.49. The van der Waals surface area contributed by atoms with Crippen LogP contribution in [-0.4, -0.2) is 6.04 Å². The van der Waals surface area contributed by atoms with Gasteiger partial charge in [0.2, 0.25) is 0 Å². The van der Waals surface area contributed by atoms with Crippen LogP contribution in [-0.2, 0) is 0 Å². The topological polar surface area (TPSA) is 35.8 Å². The highest BCUT2D eigenvalue weighted by atomic mass is 19.1. The smallest absolute Gasteiger partial charge is 0.124 e. The number of anilines is 1. The number of hydrogen-bond donors (Lipinski definition) is 1. The maximum Gasteiger partial charge on any atom is 0.124 e. The number of rotatable bonds is 2. The fraction of sp³-hybridized carbons (Fsp3) is 0.533. The lowest BCUT2D eigenvalue weighted by Crippen LogP contribution is -2.39. The van der Waals surface area contributed by atoms with Crippen LogP contribution in [0, 0.1) is 22.6 Å². The van der Waals surface area contributed by atoms with Gasteiger partial charge in [-0.2, -0.15) is 5.26 Å². The van der Waals surface area contributed by atoms with Crippen molar-refractivity contribution in [3.63, 3.8) is 0 Å². The van der Waals surface area contributed by atoms with Crippen molar-refractivity contribution in [2.75, 3.05) is 5.32 Å². The molecule has 0 aromatic heterocycles. The van der Waals surface area contributed by atoms with Crippen molar-refractivity contribution in [3.05, 3.63) is 29.6 Å². The van der Waals surface area contributed by atoms with E-state index in [0.29, 0.717) is 11.6 Å². The molecule has 0 spiro atoms. The molecule has 0 heterocycles. The molecule has 0 bridgehead atoms. The molecule has 1 aromatic rings. The maximum absolute atomic E-state index is 13.1. The third-order valence-electron chi connectivity index (χ3n) is 3.94. The third kappa shape index (κ3) is 2.64. The molecule has 18 heavy (non-hydrogen) atoms. The summed E-state index contributed by atoms with van der Waals surface area (Å²) in [5.41, 5.74) is 1.36. The van der Waals surface area contributed by atoms with E-state index in [4.69, 9.17) is 5.26 Å². The summed E-state index contributed by atoms with van der Waals surface area (Å²) in [7, 11) is 0. The van der Waals surface area contributed by atoms with E-state index in [-0.39, 0.29) is 11.2 Å². The van der Waals surface area contributed by atoms with Crippen LogP contribution < -0.4 is 5.32 Å². The van der Waals surface area contributed by atoms with Crippen LogP contribution in [0.5, 0.6) is 0 Å². The molecule has 1 atom stereocenters. The second kappa shape index (κ2) is 4.97. The molecule has 1 aromatic carbocycles. The molecular weight excluding hydrogens is 227 g/mol. The van der Waals surface area contributed by atoms with E-state index < -0.39 is 0 Å². The monoisotopic (exact) mass is 246 g/mol. The standard InChI is InChI=1S/C15H19FN2/c1-15(2)8-4-3-5-14(15)18-13-7-6-12(16)9-11(13)10-17/h6-7,9,14,18H,3-5,8H2,1-2H3. The van der Waals surface area contributed by atoms with Gasteiger partial charge >= 0.3 is 0 Å². The van der Waals surface area contributed by atoms with Crippen molar-refractivity contribution in [2.45, 2.75) is 45.6 Å². The summed E-state index contributed by atoms with van der Waals surface area (Å²) in [5, 5.41) is 12.5. The zero-order chi connectivity index (χ0) is 13.2. The molecule has 1 aliphatic carbocycles. The molecule has 96 valence electrons. The molecule has 1 unspecified atom stereocenters. The van der Waals surface area contributed by atoms with Gasteiger partial charge in [0.15, 0.2) is 0 Å². The lowest BCUT2D eigenvalue weighted by molar-refractivity contribution is 0.217. The minimum absolute atomic E-state index is 0.222. The molecule has 0 radical (unpaired) electrons. The highest BCUT2D eigenvalue weighted by Crippen LogP contribution is 2.37. The first-order chi connectivity index (χ1) is 8.53. The lowest BCUT2D eigenvalue weighted by atomic mass is 9.73. The largest absolute Gasteiger partial charge is 0.381 e. The Labute approximate surface area is 108 Å². The number of halogens is 1. The molecule has 0 amide bonds. The normalized spacial score (nSPS) is 22.2. The van der Waals surface area contributed by atoms with E-state index >= 15 is 0 Å². The summed E-state index contributed by atoms with van der Waals surface area (Å²) in [6.07, 6.45) is 4.77. The van der Waals surface area contributed by atoms with Crippen LogP contribution in [0.2, 0.25) is 0 Å². The average molecular weight is 246 g/mol. The SMILES string of the molecule is CC1(C)CCCCC1Nc1ccc(F)cc1C#N. The van der Waals surface area contributed by atoms with Gasteiger partial charge in [0, 0.05) is 6.04 Å². The summed E-state index contributed by atoms with van der Waals surface area (Å²) < 4.78 is 13.1. The van der Waals surface area contributed by atoms with Crippen LogP contribution in [0.4, 0.5) is 10.1 Å². The Morgan fingerprint density at radius 3 is 2.83 bits per heavy atom. The summed E-state index contributed by atoms with van der Waals surface area (Å²) in [6, 6.07) is 6.76. The Hall–Kier alpha value is -1.56. The molecule has 3 heteroatoms. The molecule has 0 saturated heterocycles. The molecule has 1 saturated carbocycles. The fourth-order valence-corrected chi connectivity index (χ4v) is 2.68. The summed E-state index contributed by atoms with van der Waals surface area (Å²) in [6.45, 7) is 4.50. The second-order valence-electron chi connectivity index (χ2n) is 5.73. The number of hydrogen-bond acceptors (Lipinski definition) is 2. The molecule has 2 nitrogen and oxygen atoms in total. The Kier molecular flexibility index (Phi) is 3.56. The molecule has 1 aliphatic rings. The van der Waals surface area contributed by atoms with E-state index in [2.05, 4.69) is 25.2 Å². The maximum atomic E-state index is 13.1. The first-order valence-corrected chi connectivity index (χ1v) is 6.49. The van der Waals surface area contributed by atoms with E-state index in [0.717, 1.165) is 12.1 Å². The number of nitrogens with one attached hydrogen (secondary N) is 1. The summed E-state index contributed by atoms with van der Waals surface area (Å²) >= 11 is 0. The molecule has 1 N–H and O–H groups in total. The summed E-state index contributed by atoms with van der Waals surface area (Å²) in [4.78, 5) is 0. The molecular formula is C15H19FN2. The Morgan fingerprint density at radius 1 is 1.39 bits per heavy atom. The van der Waals surface area contributed by atoms with Crippen molar-refractivity contribution < 1.29 is 4.39 Å². The van der Waals surface area contributed by atoms with Crippen molar-refractivity contribution in [1.82, 2.24) is 0 Å². The number of nitriles is 1. The predicted octanol–water partition coefficient (Wildman–Crippen LogP) is 4.08. The van der Waals surface area contributed by atoms with Crippen LogP contribution in [0.1, 0.15) is 45.1 Å². The van der Waals surface area contributed by atoms with E-state index in [1.807, 2.05) is 0 Å². The van der Waals surface area contributed by atoms with Gasteiger partial charge < -0.3 is 5.32 Å². The van der Waals surface area contributed by atoms with Crippen molar-refractivity contribution in [2.24, 2.45) is 5.41 Å². The third-order valence-corrected chi connectivity index (χ3v) is 3.94. The van der Waals surface area contributed by atoms with Gasteiger partial charge in [-0.15, -0.1) is 0 Å². The molecule has 1 fully saturated rings. The summed E-state index contributed by atoms with van der Waals surface area (Å²) in [5.74, 6) is -0.361. The number of nitrogens with zero attached hydrogens (tertiary/aromatic N) is 1. The van der Waals surface area contributed by atoms with Gasteiger partial charge in [0.25, 0.3) is 0 Å². The minimum atomic E-state index is -0.361. The Bertz CT molecular complexity index is 474. The Morgan fingerprint density at radius 2 is 2.17 bits per heavy atom. The quantitative estimate of drug-likeness (QED) is 0.853. The van der Waals surface area contributed by atoms with E-state index in [9.17, 15) is 4.39 Å².